The van der Waals surface area contributed by atoms with Crippen LogP contribution in [-0.4, -0.2) is 66.8 Å². The van der Waals surface area contributed by atoms with Gasteiger partial charge in [0.2, 0.25) is 0 Å². The number of nitrogens with zero attached hydrogens (tertiary/aromatic N) is 4. The Morgan fingerprint density at radius 2 is 1.83 bits per heavy atom. The molecule has 184 valence electrons. The number of aromatic nitrogens is 1. The second-order valence-corrected chi connectivity index (χ2v) is 10.1. The van der Waals surface area contributed by atoms with E-state index in [4.69, 9.17) is 4.74 Å². The van der Waals surface area contributed by atoms with Gasteiger partial charge in [-0.1, -0.05) is 12.1 Å². The maximum atomic E-state index is 10.1. The van der Waals surface area contributed by atoms with Gasteiger partial charge in [-0.15, -0.1) is 0 Å². The Hall–Kier alpha value is -3.01. The van der Waals surface area contributed by atoms with E-state index in [1.54, 1.807) is 0 Å². The Kier molecular flexibility index (Phi) is 6.99. The van der Waals surface area contributed by atoms with E-state index < -0.39 is 0 Å². The number of likely N-dealkylation sites (N-methyl/N-ethyl adjacent to an activating group) is 1. The Morgan fingerprint density at radius 1 is 1.09 bits per heavy atom. The summed E-state index contributed by atoms with van der Waals surface area (Å²) in [6, 6.07) is 17.7. The molecule has 1 saturated carbocycles. The van der Waals surface area contributed by atoms with Crippen LogP contribution in [0.25, 0.3) is 22.2 Å². The fraction of sp³-hybridized carbons (Fsp3) is 0.483. The lowest BCUT2D eigenvalue weighted by Crippen LogP contribution is -2.45. The SMILES string of the molecule is CCn1c(-c2ccc(NC(C)C3CC3)cc2)c(C#N)c2ccc(OCCN3CCN(C)CC3)cc21. The number of ether oxygens (including phenoxy) is 1. The molecular weight excluding hydrogens is 434 g/mol. The van der Waals surface area contributed by atoms with Gasteiger partial charge < -0.3 is 19.5 Å². The first-order valence-electron chi connectivity index (χ1n) is 13.0. The summed E-state index contributed by atoms with van der Waals surface area (Å²) in [5.74, 6) is 1.67. The average molecular weight is 472 g/mol. The number of piperazine rings is 1. The van der Waals surface area contributed by atoms with E-state index in [9.17, 15) is 5.26 Å². The lowest BCUT2D eigenvalue weighted by molar-refractivity contribution is 0.134. The molecule has 2 fully saturated rings. The zero-order valence-corrected chi connectivity index (χ0v) is 21.3. The molecule has 2 aromatic carbocycles. The minimum atomic E-state index is 0.507. The van der Waals surface area contributed by atoms with Crippen molar-refractivity contribution in [3.8, 4) is 23.1 Å². The topological polar surface area (TPSA) is 56.5 Å². The molecule has 0 spiro atoms. The van der Waals surface area contributed by atoms with Gasteiger partial charge in [0, 0.05) is 62.5 Å². The first-order valence-corrected chi connectivity index (χ1v) is 13.0. The molecule has 0 amide bonds. The quantitative estimate of drug-likeness (QED) is 0.474. The third-order valence-electron chi connectivity index (χ3n) is 7.62. The predicted molar refractivity (Wildman–Crippen MR) is 143 cm³/mol. The molecule has 2 heterocycles. The van der Waals surface area contributed by atoms with E-state index in [1.165, 1.54) is 12.8 Å². The summed E-state index contributed by atoms with van der Waals surface area (Å²) >= 11 is 0. The summed E-state index contributed by atoms with van der Waals surface area (Å²) in [7, 11) is 2.18. The Morgan fingerprint density at radius 3 is 2.49 bits per heavy atom. The lowest BCUT2D eigenvalue weighted by Gasteiger charge is -2.32. The van der Waals surface area contributed by atoms with Crippen molar-refractivity contribution in [3.63, 3.8) is 0 Å². The molecule has 1 saturated heterocycles. The Labute approximate surface area is 209 Å². The van der Waals surface area contributed by atoms with E-state index in [1.807, 2.05) is 12.1 Å². The summed E-state index contributed by atoms with van der Waals surface area (Å²) in [5.41, 5.74) is 4.99. The molecular formula is C29H37N5O. The average Bonchev–Trinajstić information content (AvgIpc) is 3.68. The van der Waals surface area contributed by atoms with Crippen LogP contribution in [0, 0.1) is 17.2 Å². The monoisotopic (exact) mass is 471 g/mol. The first-order chi connectivity index (χ1) is 17.1. The fourth-order valence-corrected chi connectivity index (χ4v) is 5.23. The van der Waals surface area contributed by atoms with Crippen LogP contribution in [0.4, 0.5) is 5.69 Å². The van der Waals surface area contributed by atoms with Gasteiger partial charge in [0.05, 0.1) is 16.8 Å². The van der Waals surface area contributed by atoms with Gasteiger partial charge in [-0.05, 0) is 69.5 Å². The summed E-state index contributed by atoms with van der Waals surface area (Å²) in [6.07, 6.45) is 2.66. The van der Waals surface area contributed by atoms with Crippen LogP contribution in [0.2, 0.25) is 0 Å². The van der Waals surface area contributed by atoms with Crippen LogP contribution in [0.5, 0.6) is 5.75 Å². The van der Waals surface area contributed by atoms with Crippen molar-refractivity contribution in [3.05, 3.63) is 48.0 Å². The number of fused-ring (bicyclic) bond motifs is 1. The van der Waals surface area contributed by atoms with E-state index in [0.717, 1.165) is 84.3 Å². The van der Waals surface area contributed by atoms with E-state index in [-0.39, 0.29) is 0 Å². The summed E-state index contributed by atoms with van der Waals surface area (Å²) in [6.45, 7) is 11.2. The van der Waals surface area contributed by atoms with E-state index >= 15 is 0 Å². The molecule has 6 heteroatoms. The van der Waals surface area contributed by atoms with Crippen LogP contribution in [0.15, 0.2) is 42.5 Å². The van der Waals surface area contributed by atoms with Crippen LogP contribution in [0.3, 0.4) is 0 Å². The maximum absolute atomic E-state index is 10.1. The predicted octanol–water partition coefficient (Wildman–Crippen LogP) is 5.04. The van der Waals surface area contributed by atoms with Gasteiger partial charge in [-0.2, -0.15) is 5.26 Å². The second-order valence-electron chi connectivity index (χ2n) is 10.1. The highest BCUT2D eigenvalue weighted by atomic mass is 16.5. The number of rotatable bonds is 9. The van der Waals surface area contributed by atoms with Crippen molar-refractivity contribution in [1.82, 2.24) is 14.4 Å². The molecule has 2 aliphatic rings. The number of nitrogens with one attached hydrogen (secondary N) is 1. The van der Waals surface area contributed by atoms with Gasteiger partial charge in [0.1, 0.15) is 18.4 Å². The van der Waals surface area contributed by atoms with Crippen LogP contribution in [0.1, 0.15) is 32.3 Å². The number of anilines is 1. The number of hydrogen-bond donors (Lipinski definition) is 1. The normalized spacial score (nSPS) is 17.9. The molecule has 3 aromatic rings. The van der Waals surface area contributed by atoms with Gasteiger partial charge in [-0.3, -0.25) is 4.90 Å². The van der Waals surface area contributed by atoms with E-state index in [2.05, 4.69) is 77.0 Å². The lowest BCUT2D eigenvalue weighted by atomic mass is 10.1. The molecule has 0 radical (unpaired) electrons. The van der Waals surface area contributed by atoms with Crippen molar-refractivity contribution >= 4 is 16.6 Å². The summed E-state index contributed by atoms with van der Waals surface area (Å²) in [5, 5.41) is 14.7. The highest BCUT2D eigenvalue weighted by Crippen LogP contribution is 2.37. The van der Waals surface area contributed by atoms with Crippen molar-refractivity contribution in [2.24, 2.45) is 5.92 Å². The Balaban J connectivity index is 1.35. The molecule has 1 aromatic heterocycles. The zero-order chi connectivity index (χ0) is 24.4. The largest absolute Gasteiger partial charge is 0.492 e. The van der Waals surface area contributed by atoms with Crippen molar-refractivity contribution in [1.29, 1.82) is 5.26 Å². The van der Waals surface area contributed by atoms with Crippen LogP contribution in [-0.2, 0) is 6.54 Å². The molecule has 6 nitrogen and oxygen atoms in total. The van der Waals surface area contributed by atoms with Gasteiger partial charge in [0.25, 0.3) is 0 Å². The number of aryl methyl sites for hydroxylation is 1. The fourth-order valence-electron chi connectivity index (χ4n) is 5.23. The van der Waals surface area contributed by atoms with Crippen molar-refractivity contribution in [2.75, 3.05) is 51.7 Å². The minimum Gasteiger partial charge on any atom is -0.492 e. The standard InChI is InChI=1S/C29H37N5O/c1-4-34-28-19-25(35-18-17-33-15-13-32(3)14-16-33)11-12-26(28)27(20-30)29(34)23-7-9-24(10-8-23)31-21(2)22-5-6-22/h7-12,19,21-22,31H,4-6,13-18H2,1-3H3. The third kappa shape index (κ3) is 5.17. The smallest absolute Gasteiger partial charge is 0.121 e. The van der Waals surface area contributed by atoms with Crippen LogP contribution < -0.4 is 10.1 Å². The van der Waals surface area contributed by atoms with Crippen molar-refractivity contribution in [2.45, 2.75) is 39.3 Å². The van der Waals surface area contributed by atoms with Crippen molar-refractivity contribution < 1.29 is 4.74 Å². The molecule has 1 aliphatic carbocycles. The molecule has 35 heavy (non-hydrogen) atoms. The van der Waals surface area contributed by atoms with Gasteiger partial charge >= 0.3 is 0 Å². The van der Waals surface area contributed by atoms with Gasteiger partial charge in [-0.25, -0.2) is 0 Å². The number of benzene rings is 2. The third-order valence-corrected chi connectivity index (χ3v) is 7.62. The summed E-state index contributed by atoms with van der Waals surface area (Å²) in [4.78, 5) is 4.83. The first kappa shape index (κ1) is 23.7. The Bertz CT molecular complexity index is 1200. The molecule has 1 atom stereocenters. The molecule has 1 unspecified atom stereocenters. The molecule has 5 rings (SSSR count). The second kappa shape index (κ2) is 10.3. The van der Waals surface area contributed by atoms with Crippen LogP contribution >= 0.6 is 0 Å². The minimum absolute atomic E-state index is 0.507. The number of hydrogen-bond acceptors (Lipinski definition) is 5. The highest BCUT2D eigenvalue weighted by Gasteiger charge is 2.27. The molecule has 0 bridgehead atoms. The zero-order valence-electron chi connectivity index (χ0n) is 21.3. The molecule has 1 N–H and O–H groups in total. The van der Waals surface area contributed by atoms with Gasteiger partial charge in [0.15, 0.2) is 0 Å². The van der Waals surface area contributed by atoms with E-state index in [0.29, 0.717) is 12.6 Å². The highest BCUT2D eigenvalue weighted by molar-refractivity contribution is 5.95. The molecule has 1 aliphatic heterocycles. The number of nitriles is 1. The maximum Gasteiger partial charge on any atom is 0.121 e. The summed E-state index contributed by atoms with van der Waals surface area (Å²) < 4.78 is 8.40.